The number of aromatic nitrogens is 3. The molecule has 3 rings (SSSR count). The number of methoxy groups -OCH3 is 2. The number of esters is 1. The quantitative estimate of drug-likeness (QED) is 0.573. The Morgan fingerprint density at radius 2 is 1.76 bits per heavy atom. The van der Waals surface area contributed by atoms with Crippen molar-refractivity contribution in [3.05, 3.63) is 35.0 Å². The van der Waals surface area contributed by atoms with Gasteiger partial charge in [0.1, 0.15) is 11.3 Å². The molecule has 0 unspecified atom stereocenters. The molecule has 10 nitrogen and oxygen atoms in total. The Hall–Kier alpha value is -3.82. The van der Waals surface area contributed by atoms with Crippen LogP contribution in [0.25, 0.3) is 10.9 Å². The molecule has 10 heteroatoms. The predicted molar refractivity (Wildman–Crippen MR) is 101 cm³/mol. The molecule has 0 radical (unpaired) electrons. The molecule has 0 fully saturated rings. The van der Waals surface area contributed by atoms with Gasteiger partial charge in [-0.15, -0.1) is 0 Å². The van der Waals surface area contributed by atoms with Crippen LogP contribution >= 0.6 is 0 Å². The van der Waals surface area contributed by atoms with Crippen LogP contribution in [0, 0.1) is 6.92 Å². The Balaban J connectivity index is 2.19. The third-order valence-electron chi connectivity index (χ3n) is 4.09. The van der Waals surface area contributed by atoms with Crippen molar-refractivity contribution in [3.8, 4) is 23.5 Å². The highest BCUT2D eigenvalue weighted by Crippen LogP contribution is 2.35. The van der Waals surface area contributed by atoms with Crippen LogP contribution in [0.15, 0.2) is 18.2 Å². The molecule has 0 amide bonds. The summed E-state index contributed by atoms with van der Waals surface area (Å²) in [7, 11) is 2.82. The first kappa shape index (κ1) is 19.9. The van der Waals surface area contributed by atoms with Gasteiger partial charge in [0, 0.05) is 16.6 Å². The van der Waals surface area contributed by atoms with E-state index in [0.29, 0.717) is 11.2 Å². The van der Waals surface area contributed by atoms with Crippen molar-refractivity contribution in [2.24, 2.45) is 0 Å². The number of nitrogens with one attached hydrogen (secondary N) is 1. The first-order valence-electron chi connectivity index (χ1n) is 8.60. The van der Waals surface area contributed by atoms with Gasteiger partial charge in [0.15, 0.2) is 0 Å². The lowest BCUT2D eigenvalue weighted by Crippen LogP contribution is -2.09. The fourth-order valence-electron chi connectivity index (χ4n) is 2.89. The number of aromatic carboxylic acids is 1. The highest BCUT2D eigenvalue weighted by Gasteiger charge is 2.26. The summed E-state index contributed by atoms with van der Waals surface area (Å²) >= 11 is 0. The number of aromatic amines is 1. The maximum atomic E-state index is 12.4. The van der Waals surface area contributed by atoms with E-state index in [-0.39, 0.29) is 46.6 Å². The van der Waals surface area contributed by atoms with Crippen molar-refractivity contribution < 1.29 is 33.6 Å². The van der Waals surface area contributed by atoms with Crippen molar-refractivity contribution in [1.82, 2.24) is 15.0 Å². The smallest absolute Gasteiger partial charge is 0.340 e. The summed E-state index contributed by atoms with van der Waals surface area (Å²) in [5.74, 6) is -1.62. The average molecular weight is 401 g/mol. The van der Waals surface area contributed by atoms with Crippen molar-refractivity contribution in [2.75, 3.05) is 20.8 Å². The van der Waals surface area contributed by atoms with Crippen LogP contribution in [-0.2, 0) is 4.74 Å². The Bertz CT molecular complexity index is 1070. The van der Waals surface area contributed by atoms with Crippen LogP contribution in [0.3, 0.4) is 0 Å². The van der Waals surface area contributed by atoms with Crippen LogP contribution in [0.5, 0.6) is 23.5 Å². The molecule has 2 aromatic heterocycles. The average Bonchev–Trinajstić information content (AvgIpc) is 3.03. The molecule has 0 aliphatic carbocycles. The first-order chi connectivity index (χ1) is 13.9. The predicted octanol–water partition coefficient (Wildman–Crippen LogP) is 2.95. The van der Waals surface area contributed by atoms with Crippen LogP contribution in [0.1, 0.15) is 33.3 Å². The number of H-pyrrole nitrogens is 1. The number of carbonyl (C=O) groups is 2. The number of ether oxygens (including phenoxy) is 4. The number of carboxylic acids is 1. The number of aryl methyl sites for hydroxylation is 1. The van der Waals surface area contributed by atoms with Gasteiger partial charge in [0.2, 0.25) is 11.8 Å². The standard InChI is InChI=1S/C19H19N3O7/c1-5-28-18(25)14-9(2)20-10-6-7-11(16(15(10)14)17(23)24)29-19-21-12(26-3)8-13(22-19)27-4/h6-8,20H,5H2,1-4H3,(H,23,24). The Morgan fingerprint density at radius 3 is 2.31 bits per heavy atom. The van der Waals surface area contributed by atoms with E-state index in [4.69, 9.17) is 18.9 Å². The summed E-state index contributed by atoms with van der Waals surface area (Å²) in [6.07, 6.45) is 0. The maximum absolute atomic E-state index is 12.4. The SMILES string of the molecule is CCOC(=O)c1c(C)[nH]c2ccc(Oc3nc(OC)cc(OC)n3)c(C(=O)O)c12. The number of fused-ring (bicyclic) bond motifs is 1. The summed E-state index contributed by atoms with van der Waals surface area (Å²) in [6.45, 7) is 3.48. The number of carbonyl (C=O) groups excluding carboxylic acids is 1. The minimum atomic E-state index is -1.29. The summed E-state index contributed by atoms with van der Waals surface area (Å²) in [4.78, 5) is 35.6. The van der Waals surface area contributed by atoms with Crippen LogP contribution < -0.4 is 14.2 Å². The normalized spacial score (nSPS) is 10.6. The van der Waals surface area contributed by atoms with Gasteiger partial charge in [-0.25, -0.2) is 9.59 Å². The lowest BCUT2D eigenvalue weighted by Gasteiger charge is -2.11. The fraction of sp³-hybridized carbons (Fsp3) is 0.263. The van der Waals surface area contributed by atoms with E-state index in [9.17, 15) is 14.7 Å². The maximum Gasteiger partial charge on any atom is 0.340 e. The van der Waals surface area contributed by atoms with Gasteiger partial charge in [-0.1, -0.05) is 0 Å². The number of carboxylic acid groups (broad SMARTS) is 1. The Labute approximate surface area is 165 Å². The molecule has 3 aromatic rings. The van der Waals surface area contributed by atoms with Crippen molar-refractivity contribution in [1.29, 1.82) is 0 Å². The zero-order valence-corrected chi connectivity index (χ0v) is 16.2. The number of nitrogens with zero attached hydrogens (tertiary/aromatic N) is 2. The molecule has 0 atom stereocenters. The monoisotopic (exact) mass is 401 g/mol. The molecular formula is C19H19N3O7. The Morgan fingerprint density at radius 1 is 1.10 bits per heavy atom. The van der Waals surface area contributed by atoms with E-state index in [0.717, 1.165) is 0 Å². The number of rotatable bonds is 7. The van der Waals surface area contributed by atoms with Gasteiger partial charge in [-0.2, -0.15) is 9.97 Å². The van der Waals surface area contributed by atoms with Gasteiger partial charge < -0.3 is 29.0 Å². The molecule has 0 aliphatic rings. The van der Waals surface area contributed by atoms with Crippen molar-refractivity contribution in [3.63, 3.8) is 0 Å². The zero-order chi connectivity index (χ0) is 21.1. The lowest BCUT2D eigenvalue weighted by molar-refractivity contribution is 0.0528. The molecule has 2 N–H and O–H groups in total. The molecule has 1 aromatic carbocycles. The number of hydrogen-bond donors (Lipinski definition) is 2. The summed E-state index contributed by atoms with van der Waals surface area (Å²) < 4.78 is 20.9. The van der Waals surface area contributed by atoms with Crippen molar-refractivity contribution >= 4 is 22.8 Å². The van der Waals surface area contributed by atoms with Crippen LogP contribution in [-0.4, -0.2) is 52.8 Å². The second kappa shape index (κ2) is 8.05. The molecule has 152 valence electrons. The molecule has 0 saturated heterocycles. The Kier molecular flexibility index (Phi) is 5.53. The van der Waals surface area contributed by atoms with E-state index in [1.54, 1.807) is 19.9 Å². The highest BCUT2D eigenvalue weighted by atomic mass is 16.5. The molecule has 0 spiro atoms. The lowest BCUT2D eigenvalue weighted by atomic mass is 10.0. The second-order valence-electron chi connectivity index (χ2n) is 5.85. The van der Waals surface area contributed by atoms with Crippen molar-refractivity contribution in [2.45, 2.75) is 13.8 Å². The third-order valence-corrected chi connectivity index (χ3v) is 4.09. The number of benzene rings is 1. The van der Waals surface area contributed by atoms with Gasteiger partial charge >= 0.3 is 17.9 Å². The minimum Gasteiger partial charge on any atom is -0.481 e. The molecule has 2 heterocycles. The van der Waals surface area contributed by atoms with Crippen LogP contribution in [0.4, 0.5) is 0 Å². The van der Waals surface area contributed by atoms with E-state index in [1.807, 2.05) is 0 Å². The largest absolute Gasteiger partial charge is 0.481 e. The van der Waals surface area contributed by atoms with E-state index in [1.165, 1.54) is 26.4 Å². The molecule has 0 bridgehead atoms. The van der Waals surface area contributed by atoms with Crippen LogP contribution in [0.2, 0.25) is 0 Å². The topological polar surface area (TPSA) is 133 Å². The molecule has 29 heavy (non-hydrogen) atoms. The summed E-state index contributed by atoms with van der Waals surface area (Å²) in [5.41, 5.74) is 0.853. The van der Waals surface area contributed by atoms with Gasteiger partial charge in [-0.3, -0.25) is 0 Å². The zero-order valence-electron chi connectivity index (χ0n) is 16.2. The van der Waals surface area contributed by atoms with E-state index in [2.05, 4.69) is 15.0 Å². The molecular weight excluding hydrogens is 382 g/mol. The van der Waals surface area contributed by atoms with E-state index >= 15 is 0 Å². The van der Waals surface area contributed by atoms with E-state index < -0.39 is 11.9 Å². The molecule has 0 aliphatic heterocycles. The third kappa shape index (κ3) is 3.77. The van der Waals surface area contributed by atoms with Gasteiger partial charge in [0.05, 0.1) is 32.5 Å². The van der Waals surface area contributed by atoms with Gasteiger partial charge in [0.25, 0.3) is 0 Å². The second-order valence-corrected chi connectivity index (χ2v) is 5.85. The highest BCUT2D eigenvalue weighted by molar-refractivity contribution is 6.15. The molecule has 0 saturated carbocycles. The first-order valence-corrected chi connectivity index (χ1v) is 8.60. The number of hydrogen-bond acceptors (Lipinski definition) is 8. The fourth-order valence-corrected chi connectivity index (χ4v) is 2.89. The minimum absolute atomic E-state index is 0.0511. The summed E-state index contributed by atoms with van der Waals surface area (Å²) in [6, 6.07) is 4.33. The van der Waals surface area contributed by atoms with Gasteiger partial charge in [-0.05, 0) is 26.0 Å². The summed E-state index contributed by atoms with van der Waals surface area (Å²) in [5, 5.41) is 10.0.